The van der Waals surface area contributed by atoms with E-state index in [1.54, 1.807) is 13.0 Å². The number of carbonyl (C=O) groups excluding carboxylic acids is 2. The number of carbonyl (C=O) groups is 2. The molecule has 2 rings (SSSR count). The summed E-state index contributed by atoms with van der Waals surface area (Å²) >= 11 is 0. The number of hydrogen-bond acceptors (Lipinski definition) is 4. The van der Waals surface area contributed by atoms with E-state index in [0.717, 1.165) is 24.0 Å². The lowest BCUT2D eigenvalue weighted by molar-refractivity contribution is -0.121. The number of fused-ring (bicyclic) bond motifs is 1. The highest BCUT2D eigenvalue weighted by Gasteiger charge is 2.30. The van der Waals surface area contributed by atoms with Gasteiger partial charge in [-0.15, -0.1) is 0 Å². The molecule has 2 amide bonds. The highest BCUT2D eigenvalue weighted by Crippen LogP contribution is 2.35. The predicted molar refractivity (Wildman–Crippen MR) is 89.3 cm³/mol. The monoisotopic (exact) mass is 319 g/mol. The van der Waals surface area contributed by atoms with E-state index in [-0.39, 0.29) is 0 Å². The second kappa shape index (κ2) is 9.66. The van der Waals surface area contributed by atoms with Crippen molar-refractivity contribution in [3.8, 4) is 5.75 Å². The van der Waals surface area contributed by atoms with Crippen LogP contribution in [0.15, 0.2) is 36.1 Å². The molecular formula is C18H25NO4. The molecule has 1 unspecified atom stereocenters. The fourth-order valence-electron chi connectivity index (χ4n) is 2.16. The fraction of sp³-hybridized carbons (Fsp3) is 0.444. The molecule has 23 heavy (non-hydrogen) atoms. The molecule has 0 radical (unpaired) electrons. The highest BCUT2D eigenvalue weighted by molar-refractivity contribution is 5.98. The number of unbranched alkanes of at least 4 members (excludes halogenated alkanes) is 1. The van der Waals surface area contributed by atoms with Crippen LogP contribution in [-0.4, -0.2) is 18.6 Å². The molecular weight excluding hydrogens is 294 g/mol. The summed E-state index contributed by atoms with van der Waals surface area (Å²) in [6.07, 6.45) is 2.54. The number of amides is 2. The lowest BCUT2D eigenvalue weighted by Gasteiger charge is -2.23. The van der Waals surface area contributed by atoms with Gasteiger partial charge in [-0.05, 0) is 25.0 Å². The quantitative estimate of drug-likeness (QED) is 0.847. The molecule has 5 nitrogen and oxygen atoms in total. The molecule has 5 heteroatoms. The van der Waals surface area contributed by atoms with Crippen molar-refractivity contribution in [3.63, 3.8) is 0 Å². The summed E-state index contributed by atoms with van der Waals surface area (Å²) in [7, 11) is 0. The van der Waals surface area contributed by atoms with Crippen molar-refractivity contribution < 1.29 is 19.1 Å². The summed E-state index contributed by atoms with van der Waals surface area (Å²) in [4.78, 5) is 23.9. The van der Waals surface area contributed by atoms with E-state index in [2.05, 4.69) is 5.32 Å². The summed E-state index contributed by atoms with van der Waals surface area (Å²) in [5.41, 5.74) is 1.49. The molecule has 0 fully saturated rings. The maximum atomic E-state index is 12.3. The molecule has 0 spiro atoms. The second-order valence-corrected chi connectivity index (χ2v) is 4.93. The molecule has 1 aliphatic rings. The number of alkyl carbamates (subject to hydrolysis) is 1. The van der Waals surface area contributed by atoms with Crippen LogP contribution in [0.5, 0.6) is 5.75 Å². The average molecular weight is 319 g/mol. The first-order valence-corrected chi connectivity index (χ1v) is 8.03. The molecule has 1 aromatic rings. The number of para-hydroxylation sites is 1. The van der Waals surface area contributed by atoms with E-state index >= 15 is 0 Å². The molecule has 126 valence electrons. The molecule has 1 heterocycles. The summed E-state index contributed by atoms with van der Waals surface area (Å²) in [5, 5.41) is 2.28. The fourth-order valence-corrected chi connectivity index (χ4v) is 2.16. The number of ether oxygens (including phenoxy) is 2. The summed E-state index contributed by atoms with van der Waals surface area (Å²) in [6, 6.07) is 7.28. The van der Waals surface area contributed by atoms with Gasteiger partial charge in [-0.25, -0.2) is 4.79 Å². The van der Waals surface area contributed by atoms with Crippen LogP contribution in [0.4, 0.5) is 4.79 Å². The van der Waals surface area contributed by atoms with Gasteiger partial charge in [0.15, 0.2) is 0 Å². The number of rotatable bonds is 4. The molecule has 1 aliphatic heterocycles. The topological polar surface area (TPSA) is 64.6 Å². The minimum atomic E-state index is -0.703. The first kappa shape index (κ1) is 18.7. The van der Waals surface area contributed by atoms with E-state index in [9.17, 15) is 9.59 Å². The van der Waals surface area contributed by atoms with E-state index in [1.807, 2.05) is 39.0 Å². The van der Waals surface area contributed by atoms with Crippen molar-refractivity contribution in [2.45, 2.75) is 46.5 Å². The lowest BCUT2D eigenvalue weighted by atomic mass is 9.90. The van der Waals surface area contributed by atoms with Crippen LogP contribution in [0, 0.1) is 0 Å². The Morgan fingerprint density at radius 2 is 1.96 bits per heavy atom. The van der Waals surface area contributed by atoms with Gasteiger partial charge in [0.05, 0.1) is 18.8 Å². The molecule has 1 N–H and O–H groups in total. The zero-order valence-electron chi connectivity index (χ0n) is 14.2. The van der Waals surface area contributed by atoms with Crippen molar-refractivity contribution in [2.24, 2.45) is 0 Å². The van der Waals surface area contributed by atoms with Gasteiger partial charge in [0.1, 0.15) is 5.75 Å². The molecule has 0 aliphatic carbocycles. The third-order valence-electron chi connectivity index (χ3n) is 3.28. The standard InChI is InChI=1S/C16H19NO4.C2H6/c1-3-4-9-20-16(19)17-15(18)14-11(2)10-21-13-8-6-5-7-12(13)14;1-2/h5-8,10,14H,3-4,9H2,1-2H3,(H,17,18,19);1-2H3. The summed E-state index contributed by atoms with van der Waals surface area (Å²) < 4.78 is 10.4. The minimum absolute atomic E-state index is 0.314. The Labute approximate surface area is 137 Å². The lowest BCUT2D eigenvalue weighted by Crippen LogP contribution is -2.36. The Morgan fingerprint density at radius 3 is 2.65 bits per heavy atom. The Morgan fingerprint density at radius 1 is 1.26 bits per heavy atom. The Bertz CT molecular complexity index is 566. The van der Waals surface area contributed by atoms with Gasteiger partial charge in [-0.1, -0.05) is 45.4 Å². The van der Waals surface area contributed by atoms with E-state index in [0.29, 0.717) is 12.4 Å². The molecule has 1 atom stereocenters. The van der Waals surface area contributed by atoms with Crippen LogP contribution in [0.3, 0.4) is 0 Å². The third kappa shape index (κ3) is 5.13. The van der Waals surface area contributed by atoms with Crippen LogP contribution < -0.4 is 10.1 Å². The largest absolute Gasteiger partial charge is 0.465 e. The van der Waals surface area contributed by atoms with Gasteiger partial charge in [-0.2, -0.15) is 0 Å². The maximum absolute atomic E-state index is 12.3. The Balaban J connectivity index is 0.00000127. The zero-order chi connectivity index (χ0) is 17.2. The van der Waals surface area contributed by atoms with Crippen molar-refractivity contribution in [2.75, 3.05) is 6.61 Å². The smallest absolute Gasteiger partial charge is 0.413 e. The highest BCUT2D eigenvalue weighted by atomic mass is 16.5. The molecule has 0 aromatic heterocycles. The van der Waals surface area contributed by atoms with Gasteiger partial charge in [0.25, 0.3) is 0 Å². The maximum Gasteiger partial charge on any atom is 0.413 e. The Kier molecular flexibility index (Phi) is 7.88. The number of imide groups is 1. The molecule has 0 saturated carbocycles. The van der Waals surface area contributed by atoms with Gasteiger partial charge in [0, 0.05) is 5.56 Å². The average Bonchev–Trinajstić information content (AvgIpc) is 2.56. The van der Waals surface area contributed by atoms with E-state index in [1.165, 1.54) is 6.26 Å². The molecule has 0 bridgehead atoms. The number of nitrogens with one attached hydrogen (secondary N) is 1. The van der Waals surface area contributed by atoms with Crippen LogP contribution in [0.2, 0.25) is 0 Å². The minimum Gasteiger partial charge on any atom is -0.465 e. The Hall–Kier alpha value is -2.30. The van der Waals surface area contributed by atoms with Crippen molar-refractivity contribution in [3.05, 3.63) is 41.7 Å². The van der Waals surface area contributed by atoms with Crippen molar-refractivity contribution >= 4 is 12.0 Å². The van der Waals surface area contributed by atoms with Gasteiger partial charge >= 0.3 is 6.09 Å². The van der Waals surface area contributed by atoms with Gasteiger partial charge in [0.2, 0.25) is 5.91 Å². The zero-order valence-corrected chi connectivity index (χ0v) is 14.2. The number of benzene rings is 1. The first-order chi connectivity index (χ1) is 11.1. The molecule has 1 aromatic carbocycles. The van der Waals surface area contributed by atoms with E-state index in [4.69, 9.17) is 9.47 Å². The normalized spacial score (nSPS) is 15.1. The predicted octanol–water partition coefficient (Wildman–Crippen LogP) is 4.15. The summed E-state index contributed by atoms with van der Waals surface area (Å²) in [6.45, 7) is 8.11. The molecule has 0 saturated heterocycles. The van der Waals surface area contributed by atoms with Crippen LogP contribution in [0.1, 0.15) is 52.0 Å². The summed E-state index contributed by atoms with van der Waals surface area (Å²) in [5.74, 6) is -0.308. The van der Waals surface area contributed by atoms with E-state index < -0.39 is 17.9 Å². The van der Waals surface area contributed by atoms with Crippen molar-refractivity contribution in [1.82, 2.24) is 5.32 Å². The van der Waals surface area contributed by atoms with Crippen LogP contribution in [0.25, 0.3) is 0 Å². The van der Waals surface area contributed by atoms with Crippen molar-refractivity contribution in [1.29, 1.82) is 0 Å². The third-order valence-corrected chi connectivity index (χ3v) is 3.28. The van der Waals surface area contributed by atoms with Crippen LogP contribution >= 0.6 is 0 Å². The SMILES string of the molecule is CC.CCCCOC(=O)NC(=O)C1C(C)=COc2ccccc21. The van der Waals surface area contributed by atoms with Gasteiger partial charge in [-0.3, -0.25) is 10.1 Å². The van der Waals surface area contributed by atoms with Gasteiger partial charge < -0.3 is 9.47 Å². The second-order valence-electron chi connectivity index (χ2n) is 4.93. The van der Waals surface area contributed by atoms with Crippen LogP contribution in [-0.2, 0) is 9.53 Å². The first-order valence-electron chi connectivity index (χ1n) is 8.03. The number of hydrogen-bond donors (Lipinski definition) is 1.